The third-order valence-electron chi connectivity index (χ3n) is 4.99. The fraction of sp³-hybridized carbons (Fsp3) is 0.273. The Balaban J connectivity index is 1.60. The average Bonchev–Trinajstić information content (AvgIpc) is 3.38. The second-order valence-corrected chi connectivity index (χ2v) is 7.02. The van der Waals surface area contributed by atoms with Crippen LogP contribution in [0.2, 0.25) is 0 Å². The first-order chi connectivity index (χ1) is 14.0. The highest BCUT2D eigenvalue weighted by atomic mass is 16.4. The highest BCUT2D eigenvalue weighted by Crippen LogP contribution is 2.29. The zero-order valence-corrected chi connectivity index (χ0v) is 16.1. The molecule has 4 aromatic rings. The van der Waals surface area contributed by atoms with Gasteiger partial charge in [-0.15, -0.1) is 0 Å². The lowest BCUT2D eigenvalue weighted by atomic mass is 10.1. The minimum Gasteiger partial charge on any atom is -0.462 e. The monoisotopic (exact) mass is 394 g/mol. The van der Waals surface area contributed by atoms with Crippen molar-refractivity contribution in [3.63, 3.8) is 0 Å². The van der Waals surface area contributed by atoms with Crippen LogP contribution in [0.15, 0.2) is 62.6 Å². The molecule has 2 N–H and O–H groups in total. The molecule has 0 aliphatic rings. The van der Waals surface area contributed by atoms with Crippen LogP contribution in [0.1, 0.15) is 25.3 Å². The Kier molecular flexibility index (Phi) is 5.22. The van der Waals surface area contributed by atoms with Crippen LogP contribution in [0.25, 0.3) is 27.6 Å². The molecule has 3 aromatic heterocycles. The van der Waals surface area contributed by atoms with Crippen LogP contribution in [-0.4, -0.2) is 28.2 Å². The summed E-state index contributed by atoms with van der Waals surface area (Å²) in [5.74, 6) is -0.211. The summed E-state index contributed by atoms with van der Waals surface area (Å²) >= 11 is 0. The van der Waals surface area contributed by atoms with Crippen molar-refractivity contribution in [3.05, 3.63) is 65.0 Å². The Morgan fingerprint density at radius 3 is 2.76 bits per heavy atom. The second-order valence-electron chi connectivity index (χ2n) is 7.02. The summed E-state index contributed by atoms with van der Waals surface area (Å²) in [5.41, 5.74) is 1.94. The number of amides is 1. The Morgan fingerprint density at radius 2 is 2.00 bits per heavy atom. The van der Waals surface area contributed by atoms with Gasteiger partial charge in [0.15, 0.2) is 0 Å². The number of benzene rings is 1. The van der Waals surface area contributed by atoms with Gasteiger partial charge >= 0.3 is 5.63 Å². The second kappa shape index (κ2) is 7.97. The van der Waals surface area contributed by atoms with Crippen molar-refractivity contribution >= 4 is 27.8 Å². The number of nitrogens with zero attached hydrogens (tertiary/aromatic N) is 1. The lowest BCUT2D eigenvalue weighted by Crippen LogP contribution is -2.32. The number of nitrogens with one attached hydrogen (secondary N) is 1. The third kappa shape index (κ3) is 3.95. The number of aliphatic hydroxyl groups excluding tert-OH is 1. The number of fused-ring (bicyclic) bond motifs is 2. The number of hydrogen-bond donors (Lipinski definition) is 2. The molecule has 1 aromatic carbocycles. The molecule has 0 fully saturated rings. The summed E-state index contributed by atoms with van der Waals surface area (Å²) < 4.78 is 13.0. The summed E-state index contributed by atoms with van der Waals surface area (Å²) in [7, 11) is 0. The number of rotatable bonds is 7. The number of aryl methyl sites for hydroxylation is 1. The van der Waals surface area contributed by atoms with E-state index in [-0.39, 0.29) is 25.3 Å². The van der Waals surface area contributed by atoms with E-state index in [1.807, 2.05) is 42.1 Å². The van der Waals surface area contributed by atoms with Crippen molar-refractivity contribution in [2.75, 3.05) is 6.54 Å². The largest absolute Gasteiger partial charge is 0.462 e. The van der Waals surface area contributed by atoms with Crippen molar-refractivity contribution in [3.8, 4) is 5.69 Å². The summed E-state index contributed by atoms with van der Waals surface area (Å²) in [6.07, 6.45) is 5.95. The Bertz CT molecular complexity index is 1200. The van der Waals surface area contributed by atoms with Gasteiger partial charge in [0.25, 0.3) is 0 Å². The van der Waals surface area contributed by atoms with E-state index in [0.29, 0.717) is 23.2 Å². The van der Waals surface area contributed by atoms with Gasteiger partial charge in [0, 0.05) is 47.8 Å². The van der Waals surface area contributed by atoms with E-state index in [2.05, 4.69) is 5.32 Å². The molecule has 0 radical (unpaired) electrons. The number of aliphatic hydroxyl groups is 1. The maximum Gasteiger partial charge on any atom is 0.339 e. The third-order valence-corrected chi connectivity index (χ3v) is 4.99. The predicted octanol–water partition coefficient (Wildman–Crippen LogP) is 3.15. The minimum absolute atomic E-state index is 0.148. The number of carbonyl (C=O) groups is 1. The van der Waals surface area contributed by atoms with E-state index < -0.39 is 11.7 Å². The topological polar surface area (TPSA) is 97.6 Å². The van der Waals surface area contributed by atoms with Gasteiger partial charge in [0.05, 0.1) is 11.8 Å². The van der Waals surface area contributed by atoms with E-state index in [4.69, 9.17) is 8.83 Å². The first-order valence-corrected chi connectivity index (χ1v) is 9.61. The summed E-state index contributed by atoms with van der Waals surface area (Å²) in [4.78, 5) is 24.3. The maximum absolute atomic E-state index is 12.3. The molecule has 1 unspecified atom stereocenters. The molecule has 0 bridgehead atoms. The van der Waals surface area contributed by atoms with Crippen LogP contribution in [0.5, 0.6) is 0 Å². The van der Waals surface area contributed by atoms with Crippen LogP contribution in [0, 0.1) is 0 Å². The van der Waals surface area contributed by atoms with Gasteiger partial charge in [-0.05, 0) is 37.1 Å². The van der Waals surface area contributed by atoms with Crippen molar-refractivity contribution < 1.29 is 18.7 Å². The van der Waals surface area contributed by atoms with Gasteiger partial charge in [0.2, 0.25) is 5.91 Å². The fourth-order valence-corrected chi connectivity index (χ4v) is 3.25. The van der Waals surface area contributed by atoms with Crippen molar-refractivity contribution in [2.45, 2.75) is 32.3 Å². The predicted molar refractivity (Wildman–Crippen MR) is 109 cm³/mol. The lowest BCUT2D eigenvalue weighted by molar-refractivity contribution is -0.121. The first-order valence-electron chi connectivity index (χ1n) is 9.61. The highest BCUT2D eigenvalue weighted by Gasteiger charge is 2.13. The van der Waals surface area contributed by atoms with Crippen LogP contribution < -0.4 is 10.9 Å². The number of furan rings is 1. The molecule has 7 heteroatoms. The SMILES string of the molecule is CCC(O)CNC(=O)CCc1cc2cc3c(-n4cccc4)coc3cc2oc1=O. The highest BCUT2D eigenvalue weighted by molar-refractivity contribution is 5.97. The smallest absolute Gasteiger partial charge is 0.339 e. The molecular formula is C22H22N2O5. The maximum atomic E-state index is 12.3. The zero-order chi connectivity index (χ0) is 20.4. The van der Waals surface area contributed by atoms with Crippen LogP contribution in [0.4, 0.5) is 0 Å². The summed E-state index contributed by atoms with van der Waals surface area (Å²) in [6, 6.07) is 9.26. The van der Waals surface area contributed by atoms with Gasteiger partial charge in [-0.1, -0.05) is 6.92 Å². The first kappa shape index (κ1) is 19.0. The molecule has 4 rings (SSSR count). The van der Waals surface area contributed by atoms with E-state index >= 15 is 0 Å². The quantitative estimate of drug-likeness (QED) is 0.469. The lowest BCUT2D eigenvalue weighted by Gasteiger charge is -2.09. The molecule has 0 saturated heterocycles. The van der Waals surface area contributed by atoms with Crippen molar-refractivity contribution in [1.29, 1.82) is 0 Å². The van der Waals surface area contributed by atoms with Crippen LogP contribution >= 0.6 is 0 Å². The van der Waals surface area contributed by atoms with E-state index in [1.54, 1.807) is 18.4 Å². The van der Waals surface area contributed by atoms with Gasteiger partial charge < -0.3 is 23.8 Å². The molecule has 7 nitrogen and oxygen atoms in total. The zero-order valence-electron chi connectivity index (χ0n) is 16.1. The molecule has 0 aliphatic carbocycles. The molecule has 150 valence electrons. The normalized spacial score (nSPS) is 12.5. The molecule has 29 heavy (non-hydrogen) atoms. The standard InChI is InChI=1S/C22H22N2O5/c1-2-16(25)12-23-21(26)6-5-14-9-15-10-17-18(24-7-3-4-8-24)13-28-20(17)11-19(15)29-22(14)27/h3-4,7-11,13,16,25H,2,5-6,12H2,1H3,(H,23,26). The van der Waals surface area contributed by atoms with Gasteiger partial charge in [-0.3, -0.25) is 4.79 Å². The number of aromatic nitrogens is 1. The number of carbonyl (C=O) groups excluding carboxylic acids is 1. The Hall–Kier alpha value is -3.32. The van der Waals surface area contributed by atoms with Crippen LogP contribution in [0.3, 0.4) is 0 Å². The van der Waals surface area contributed by atoms with Gasteiger partial charge in [-0.2, -0.15) is 0 Å². The molecular weight excluding hydrogens is 372 g/mol. The molecule has 0 spiro atoms. The molecule has 1 amide bonds. The minimum atomic E-state index is -0.559. The molecule has 0 saturated carbocycles. The Labute approximate surface area is 166 Å². The van der Waals surface area contributed by atoms with E-state index in [0.717, 1.165) is 16.5 Å². The number of hydrogen-bond acceptors (Lipinski definition) is 5. The average molecular weight is 394 g/mol. The van der Waals surface area contributed by atoms with E-state index in [9.17, 15) is 14.7 Å². The Morgan fingerprint density at radius 1 is 1.21 bits per heavy atom. The van der Waals surface area contributed by atoms with E-state index in [1.165, 1.54) is 0 Å². The summed E-state index contributed by atoms with van der Waals surface area (Å²) in [6.45, 7) is 2.05. The summed E-state index contributed by atoms with van der Waals surface area (Å²) in [5, 5.41) is 13.9. The van der Waals surface area contributed by atoms with Crippen molar-refractivity contribution in [2.24, 2.45) is 0 Å². The molecule has 3 heterocycles. The molecule has 0 aliphatic heterocycles. The van der Waals surface area contributed by atoms with Gasteiger partial charge in [-0.25, -0.2) is 4.79 Å². The van der Waals surface area contributed by atoms with Crippen molar-refractivity contribution in [1.82, 2.24) is 9.88 Å². The van der Waals surface area contributed by atoms with Crippen LogP contribution in [-0.2, 0) is 11.2 Å². The van der Waals surface area contributed by atoms with Gasteiger partial charge in [0.1, 0.15) is 17.4 Å². The fourth-order valence-electron chi connectivity index (χ4n) is 3.25. The molecule has 1 atom stereocenters.